The Morgan fingerprint density at radius 3 is 2.71 bits per heavy atom. The first kappa shape index (κ1) is 19.7. The maximum absolute atomic E-state index is 13.1. The molecule has 0 radical (unpaired) electrons. The lowest BCUT2D eigenvalue weighted by Gasteiger charge is -2.33. The summed E-state index contributed by atoms with van der Waals surface area (Å²) in [7, 11) is 1.90. The summed E-state index contributed by atoms with van der Waals surface area (Å²) < 4.78 is 1.81. The normalized spacial score (nSPS) is 19.2. The fourth-order valence-corrected chi connectivity index (χ4v) is 5.11. The van der Waals surface area contributed by atoms with Crippen LogP contribution in [0, 0.1) is 5.92 Å². The standard InChI is InChI=1S/C24H27N5O2/c1-14(2)20-21-18(6-9-25-22(21)27-23(20)30)15-7-10-29(11-8-15)24(31)16-4-5-19-17(12-16)13-26-28(19)3/h4-6,9,12-15,20H,7-8,10-11H2,1-3H3,(H,25,27,30). The first-order valence-electron chi connectivity index (χ1n) is 10.9. The van der Waals surface area contributed by atoms with E-state index in [2.05, 4.69) is 35.3 Å². The van der Waals surface area contributed by atoms with Crippen LogP contribution in [0.5, 0.6) is 0 Å². The van der Waals surface area contributed by atoms with Crippen molar-refractivity contribution in [1.29, 1.82) is 0 Å². The average molecular weight is 418 g/mol. The summed E-state index contributed by atoms with van der Waals surface area (Å²) >= 11 is 0. The van der Waals surface area contributed by atoms with Crippen molar-refractivity contribution in [3.05, 3.63) is 53.3 Å². The average Bonchev–Trinajstić information content (AvgIpc) is 3.31. The van der Waals surface area contributed by atoms with Crippen molar-refractivity contribution in [1.82, 2.24) is 19.7 Å². The van der Waals surface area contributed by atoms with Crippen LogP contribution in [0.25, 0.3) is 10.9 Å². The zero-order valence-corrected chi connectivity index (χ0v) is 18.1. The molecule has 1 N–H and O–H groups in total. The third-order valence-corrected chi connectivity index (χ3v) is 6.74. The highest BCUT2D eigenvalue weighted by molar-refractivity contribution is 6.02. The fourth-order valence-electron chi connectivity index (χ4n) is 5.11. The highest BCUT2D eigenvalue weighted by Gasteiger charge is 2.38. The number of piperidine rings is 1. The zero-order valence-electron chi connectivity index (χ0n) is 18.1. The van der Waals surface area contributed by atoms with Crippen LogP contribution >= 0.6 is 0 Å². The van der Waals surface area contributed by atoms with Crippen molar-refractivity contribution < 1.29 is 9.59 Å². The minimum atomic E-state index is -0.149. The molecule has 1 saturated heterocycles. The number of likely N-dealkylation sites (tertiary alicyclic amines) is 1. The van der Waals surface area contributed by atoms with Crippen LogP contribution in [0.2, 0.25) is 0 Å². The fraction of sp³-hybridized carbons (Fsp3) is 0.417. The SMILES string of the molecule is CC(C)C1C(=O)Nc2nccc(C3CCN(C(=O)c4ccc5c(cnn5C)c4)CC3)c21. The van der Waals surface area contributed by atoms with E-state index in [1.807, 2.05) is 34.8 Å². The molecule has 4 heterocycles. The van der Waals surface area contributed by atoms with Gasteiger partial charge in [-0.2, -0.15) is 5.10 Å². The minimum Gasteiger partial charge on any atom is -0.339 e. The number of amides is 2. The number of pyridine rings is 1. The molecule has 1 aromatic carbocycles. The van der Waals surface area contributed by atoms with Crippen molar-refractivity contribution in [2.75, 3.05) is 18.4 Å². The third kappa shape index (κ3) is 3.28. The van der Waals surface area contributed by atoms with E-state index in [1.54, 1.807) is 12.4 Å². The number of benzene rings is 1. The van der Waals surface area contributed by atoms with Gasteiger partial charge in [-0.3, -0.25) is 14.3 Å². The first-order valence-corrected chi connectivity index (χ1v) is 10.9. The summed E-state index contributed by atoms with van der Waals surface area (Å²) in [4.78, 5) is 31.9. The summed E-state index contributed by atoms with van der Waals surface area (Å²) in [6.07, 6.45) is 5.35. The van der Waals surface area contributed by atoms with Crippen molar-refractivity contribution in [3.63, 3.8) is 0 Å². The van der Waals surface area contributed by atoms with Crippen LogP contribution in [0.4, 0.5) is 5.82 Å². The van der Waals surface area contributed by atoms with E-state index in [1.165, 1.54) is 5.56 Å². The molecule has 2 amide bonds. The molecule has 1 unspecified atom stereocenters. The van der Waals surface area contributed by atoms with Gasteiger partial charge in [-0.05, 0) is 54.5 Å². The minimum absolute atomic E-state index is 0.0448. The summed E-state index contributed by atoms with van der Waals surface area (Å²) in [6, 6.07) is 7.83. The maximum Gasteiger partial charge on any atom is 0.253 e. The van der Waals surface area contributed by atoms with Gasteiger partial charge in [0.2, 0.25) is 5.91 Å². The molecular formula is C24H27N5O2. The largest absolute Gasteiger partial charge is 0.339 e. The predicted octanol–water partition coefficient (Wildman–Crippen LogP) is 3.68. The number of anilines is 1. The Bertz CT molecular complexity index is 1170. The van der Waals surface area contributed by atoms with E-state index < -0.39 is 0 Å². The van der Waals surface area contributed by atoms with Crippen LogP contribution < -0.4 is 5.32 Å². The van der Waals surface area contributed by atoms with Gasteiger partial charge in [-0.15, -0.1) is 0 Å². The summed E-state index contributed by atoms with van der Waals surface area (Å²) in [6.45, 7) is 5.58. The van der Waals surface area contributed by atoms with E-state index in [9.17, 15) is 9.59 Å². The van der Waals surface area contributed by atoms with Crippen LogP contribution in [-0.4, -0.2) is 44.6 Å². The van der Waals surface area contributed by atoms with Gasteiger partial charge in [-0.1, -0.05) is 13.8 Å². The smallest absolute Gasteiger partial charge is 0.253 e. The molecular weight excluding hydrogens is 390 g/mol. The van der Waals surface area contributed by atoms with E-state index in [4.69, 9.17) is 0 Å². The molecule has 5 rings (SSSR count). The Labute approximate surface area is 181 Å². The number of fused-ring (bicyclic) bond motifs is 2. The van der Waals surface area contributed by atoms with Crippen molar-refractivity contribution >= 4 is 28.5 Å². The molecule has 2 aliphatic rings. The molecule has 2 aromatic heterocycles. The number of hydrogen-bond acceptors (Lipinski definition) is 4. The second kappa shape index (κ2) is 7.48. The monoisotopic (exact) mass is 417 g/mol. The van der Waals surface area contributed by atoms with Gasteiger partial charge >= 0.3 is 0 Å². The Kier molecular flexibility index (Phi) is 4.76. The quantitative estimate of drug-likeness (QED) is 0.705. The molecule has 0 spiro atoms. The highest BCUT2D eigenvalue weighted by Crippen LogP contribution is 2.43. The van der Waals surface area contributed by atoms with Crippen LogP contribution in [0.3, 0.4) is 0 Å². The number of nitrogens with zero attached hydrogens (tertiary/aromatic N) is 4. The Balaban J connectivity index is 1.34. The molecule has 3 aromatic rings. The maximum atomic E-state index is 13.1. The summed E-state index contributed by atoms with van der Waals surface area (Å²) in [5.74, 6) is 1.22. The van der Waals surface area contributed by atoms with Gasteiger partial charge in [0.25, 0.3) is 5.91 Å². The second-order valence-electron chi connectivity index (χ2n) is 8.98. The molecule has 7 nitrogen and oxygen atoms in total. The molecule has 7 heteroatoms. The van der Waals surface area contributed by atoms with Crippen molar-refractivity contribution in [2.45, 2.75) is 38.5 Å². The Hall–Kier alpha value is -3.22. The molecule has 0 saturated carbocycles. The predicted molar refractivity (Wildman–Crippen MR) is 119 cm³/mol. The van der Waals surface area contributed by atoms with Crippen molar-refractivity contribution in [2.24, 2.45) is 13.0 Å². The molecule has 31 heavy (non-hydrogen) atoms. The lowest BCUT2D eigenvalue weighted by Crippen LogP contribution is -2.38. The van der Waals surface area contributed by atoms with Crippen LogP contribution in [-0.2, 0) is 11.8 Å². The zero-order chi connectivity index (χ0) is 21.7. The van der Waals surface area contributed by atoms with Gasteiger partial charge in [0.15, 0.2) is 0 Å². The molecule has 1 atom stereocenters. The lowest BCUT2D eigenvalue weighted by molar-refractivity contribution is -0.117. The molecule has 1 fully saturated rings. The van der Waals surface area contributed by atoms with E-state index in [-0.39, 0.29) is 23.7 Å². The molecule has 160 valence electrons. The third-order valence-electron chi connectivity index (χ3n) is 6.74. The summed E-state index contributed by atoms with van der Waals surface area (Å²) in [5, 5.41) is 8.19. The van der Waals surface area contributed by atoms with Gasteiger partial charge in [0.05, 0.1) is 17.6 Å². The van der Waals surface area contributed by atoms with Crippen LogP contribution in [0.15, 0.2) is 36.7 Å². The van der Waals surface area contributed by atoms with Crippen LogP contribution in [0.1, 0.15) is 60.0 Å². The number of nitrogens with one attached hydrogen (secondary N) is 1. The van der Waals surface area contributed by atoms with E-state index in [0.717, 1.165) is 29.3 Å². The number of aromatic nitrogens is 3. The molecule has 0 aliphatic carbocycles. The van der Waals surface area contributed by atoms with Gasteiger partial charge in [0.1, 0.15) is 5.82 Å². The Morgan fingerprint density at radius 2 is 1.97 bits per heavy atom. The van der Waals surface area contributed by atoms with E-state index >= 15 is 0 Å². The van der Waals surface area contributed by atoms with Gasteiger partial charge in [0, 0.05) is 42.8 Å². The molecule has 2 aliphatic heterocycles. The topological polar surface area (TPSA) is 80.1 Å². The number of aryl methyl sites for hydroxylation is 1. The highest BCUT2D eigenvalue weighted by atomic mass is 16.2. The number of carbonyl (C=O) groups excluding carboxylic acids is 2. The van der Waals surface area contributed by atoms with E-state index in [0.29, 0.717) is 30.4 Å². The Morgan fingerprint density at radius 1 is 1.19 bits per heavy atom. The summed E-state index contributed by atoms with van der Waals surface area (Å²) in [5.41, 5.74) is 4.00. The van der Waals surface area contributed by atoms with Crippen molar-refractivity contribution in [3.8, 4) is 0 Å². The lowest BCUT2D eigenvalue weighted by atomic mass is 9.80. The molecule has 0 bridgehead atoms. The van der Waals surface area contributed by atoms with Gasteiger partial charge < -0.3 is 10.2 Å². The van der Waals surface area contributed by atoms with Gasteiger partial charge in [-0.25, -0.2) is 4.98 Å². The number of rotatable bonds is 3. The number of hydrogen-bond donors (Lipinski definition) is 1. The number of carbonyl (C=O) groups is 2. The first-order chi connectivity index (χ1) is 14.9. The second-order valence-corrected chi connectivity index (χ2v) is 8.98.